The molecule has 3 N–H and O–H groups in total. The number of aliphatic hydroxyl groups is 1. The van der Waals surface area contributed by atoms with Crippen molar-refractivity contribution in [2.45, 2.75) is 29.0 Å². The van der Waals surface area contributed by atoms with E-state index in [1.807, 2.05) is 42.5 Å². The Morgan fingerprint density at radius 2 is 1.97 bits per heavy atom. The number of carbonyl (C=O) groups excluding carboxylic acids is 3. The minimum Gasteiger partial charge on any atom is -0.395 e. The summed E-state index contributed by atoms with van der Waals surface area (Å²) in [7, 11) is 1.53. The molecule has 0 radical (unpaired) electrons. The molecule has 0 aliphatic carbocycles. The second-order valence-corrected chi connectivity index (χ2v) is 9.76. The Hall–Kier alpha value is -2.49. The number of β-amino-alcohol motifs (C(OH)–C–C–N with tert-alkyl or cyclic N) is 1. The van der Waals surface area contributed by atoms with E-state index in [1.54, 1.807) is 0 Å². The monoisotopic (exact) mass is 501 g/mol. The summed E-state index contributed by atoms with van der Waals surface area (Å²) in [4.78, 5) is 40.9. The van der Waals surface area contributed by atoms with Crippen LogP contribution in [-0.2, 0) is 19.1 Å². The lowest BCUT2D eigenvalue weighted by atomic mass is 9.70. The molecule has 3 heterocycles. The van der Waals surface area contributed by atoms with Crippen LogP contribution < -0.4 is 10.6 Å². The summed E-state index contributed by atoms with van der Waals surface area (Å²) in [5, 5.41) is 17.2. The van der Waals surface area contributed by atoms with Crippen LogP contribution in [0.5, 0.6) is 0 Å². The van der Waals surface area contributed by atoms with Crippen molar-refractivity contribution in [2.24, 2.45) is 11.8 Å². The summed E-state index contributed by atoms with van der Waals surface area (Å²) in [6.07, 6.45) is -0.0598. The minimum absolute atomic E-state index is 0.00562. The molecule has 2 aromatic carbocycles. The third kappa shape index (κ3) is 2.98. The fourth-order valence-electron chi connectivity index (χ4n) is 5.72. The molecule has 5 rings (SSSR count). The van der Waals surface area contributed by atoms with Gasteiger partial charge in [-0.05, 0) is 29.3 Å². The van der Waals surface area contributed by atoms with E-state index >= 15 is 0 Å². The fourth-order valence-corrected chi connectivity index (χ4v) is 6.66. The van der Waals surface area contributed by atoms with Gasteiger partial charge in [0, 0.05) is 24.1 Å². The molecule has 1 spiro atoms. The maximum Gasteiger partial charge on any atom is 0.250 e. The number of amides is 3. The van der Waals surface area contributed by atoms with Crippen molar-refractivity contribution in [2.75, 3.05) is 25.5 Å². The van der Waals surface area contributed by atoms with Crippen LogP contribution >= 0.6 is 15.9 Å². The number of aliphatic hydroxyl groups excluding tert-OH is 1. The van der Waals surface area contributed by atoms with Crippen LogP contribution in [0.4, 0.5) is 5.69 Å². The first-order chi connectivity index (χ1) is 15.4. The Bertz CT molecular complexity index is 1110. The molecule has 0 aromatic heterocycles. The van der Waals surface area contributed by atoms with Crippen LogP contribution in [0.2, 0.25) is 0 Å². The molecule has 3 aliphatic heterocycles. The van der Waals surface area contributed by atoms with Crippen molar-refractivity contribution in [1.29, 1.82) is 0 Å². The number of benzene rings is 2. The zero-order valence-electron chi connectivity index (χ0n) is 17.5. The fraction of sp³-hybridized carbons (Fsp3) is 0.435. The molecule has 32 heavy (non-hydrogen) atoms. The van der Waals surface area contributed by atoms with Gasteiger partial charge >= 0.3 is 0 Å². The zero-order chi connectivity index (χ0) is 22.6. The van der Waals surface area contributed by atoms with Crippen LogP contribution in [-0.4, -0.2) is 70.5 Å². The lowest BCUT2D eigenvalue weighted by Gasteiger charge is -2.33. The van der Waals surface area contributed by atoms with E-state index < -0.39 is 29.6 Å². The number of nitrogens with one attached hydrogen (secondary N) is 2. The van der Waals surface area contributed by atoms with Gasteiger partial charge in [0.25, 0.3) is 0 Å². The summed E-state index contributed by atoms with van der Waals surface area (Å²) >= 11 is 3.60. The first-order valence-corrected chi connectivity index (χ1v) is 11.6. The van der Waals surface area contributed by atoms with Crippen molar-refractivity contribution >= 4 is 50.1 Å². The molecule has 2 bridgehead atoms. The highest BCUT2D eigenvalue weighted by Gasteiger charge is 2.76. The number of likely N-dealkylation sites (tertiary alicyclic amines) is 1. The lowest BCUT2D eigenvalue weighted by Crippen LogP contribution is -2.54. The average Bonchev–Trinajstić information content (AvgIpc) is 3.37. The molecule has 0 saturated carbocycles. The molecular weight excluding hydrogens is 478 g/mol. The first-order valence-electron chi connectivity index (χ1n) is 10.7. The molecule has 168 valence electrons. The van der Waals surface area contributed by atoms with Gasteiger partial charge in [-0.15, -0.1) is 0 Å². The van der Waals surface area contributed by atoms with Gasteiger partial charge in [0.2, 0.25) is 17.7 Å². The second kappa shape index (κ2) is 7.83. The van der Waals surface area contributed by atoms with E-state index in [4.69, 9.17) is 4.74 Å². The van der Waals surface area contributed by atoms with Gasteiger partial charge in [0.15, 0.2) is 0 Å². The summed E-state index contributed by atoms with van der Waals surface area (Å²) in [6, 6.07) is 12.5. The standard InChI is InChI=1S/C23H24BrN3O5/c1-25-20(29)16-17-22(31)27(8-9-28)19(23(17)11-15(24)18(16)32-23)21(30)26-14-7-6-12-4-2-3-5-13(12)10-14/h2-7,10,15-19,28H,8-9,11H2,1H3,(H,25,29)(H,26,30)/t15?,16-,17-,18-,19?,23?/m0/s1. The van der Waals surface area contributed by atoms with E-state index in [0.717, 1.165) is 10.8 Å². The first kappa shape index (κ1) is 21.4. The van der Waals surface area contributed by atoms with E-state index in [-0.39, 0.29) is 35.7 Å². The summed E-state index contributed by atoms with van der Waals surface area (Å²) in [5.74, 6) is -2.44. The van der Waals surface area contributed by atoms with E-state index in [2.05, 4.69) is 26.6 Å². The molecule has 9 heteroatoms. The van der Waals surface area contributed by atoms with E-state index in [1.165, 1.54) is 11.9 Å². The van der Waals surface area contributed by atoms with Gasteiger partial charge in [-0.25, -0.2) is 0 Å². The van der Waals surface area contributed by atoms with Crippen LogP contribution in [0.25, 0.3) is 10.8 Å². The number of halogens is 1. The van der Waals surface area contributed by atoms with Gasteiger partial charge in [0.05, 0.1) is 24.5 Å². The third-order valence-corrected chi connectivity index (χ3v) is 7.79. The lowest BCUT2D eigenvalue weighted by molar-refractivity contribution is -0.141. The number of anilines is 1. The summed E-state index contributed by atoms with van der Waals surface area (Å²) in [5.41, 5.74) is -0.515. The Kier molecular flexibility index (Phi) is 5.22. The van der Waals surface area contributed by atoms with Crippen LogP contribution in [0.1, 0.15) is 6.42 Å². The SMILES string of the molecule is CNC(=O)[C@H]1[C@H]2C(=O)N(CCO)C(C(=O)Nc3ccc4ccccc4c3)C23CC(Br)[C@@H]1O3. The normalized spacial score (nSPS) is 32.9. The van der Waals surface area contributed by atoms with Gasteiger partial charge in [-0.3, -0.25) is 14.4 Å². The Balaban J connectivity index is 1.51. The molecule has 3 saturated heterocycles. The number of ether oxygens (including phenoxy) is 1. The smallest absolute Gasteiger partial charge is 0.250 e. The molecule has 6 atom stereocenters. The number of hydrogen-bond acceptors (Lipinski definition) is 5. The van der Waals surface area contributed by atoms with Crippen molar-refractivity contribution in [1.82, 2.24) is 10.2 Å². The maximum absolute atomic E-state index is 13.6. The van der Waals surface area contributed by atoms with Gasteiger partial charge < -0.3 is 25.4 Å². The maximum atomic E-state index is 13.6. The van der Waals surface area contributed by atoms with Crippen molar-refractivity contribution in [3.05, 3.63) is 42.5 Å². The number of carbonyl (C=O) groups is 3. The third-order valence-electron chi connectivity index (χ3n) is 6.94. The van der Waals surface area contributed by atoms with E-state index in [9.17, 15) is 19.5 Å². The molecular formula is C23H24BrN3O5. The predicted molar refractivity (Wildman–Crippen MR) is 121 cm³/mol. The molecule has 3 unspecified atom stereocenters. The number of nitrogens with zero attached hydrogens (tertiary/aromatic N) is 1. The van der Waals surface area contributed by atoms with Gasteiger partial charge in [-0.1, -0.05) is 46.3 Å². The highest BCUT2D eigenvalue weighted by molar-refractivity contribution is 9.09. The molecule has 3 fully saturated rings. The summed E-state index contributed by atoms with van der Waals surface area (Å²) in [6.45, 7) is -0.297. The van der Waals surface area contributed by atoms with Crippen molar-refractivity contribution in [3.8, 4) is 0 Å². The molecule has 3 amide bonds. The molecule has 8 nitrogen and oxygen atoms in total. The predicted octanol–water partition coefficient (Wildman–Crippen LogP) is 1.26. The topological polar surface area (TPSA) is 108 Å². The van der Waals surface area contributed by atoms with Gasteiger partial charge in [-0.2, -0.15) is 0 Å². The second-order valence-electron chi connectivity index (χ2n) is 8.58. The van der Waals surface area contributed by atoms with Crippen LogP contribution in [0.3, 0.4) is 0 Å². The van der Waals surface area contributed by atoms with Crippen LogP contribution in [0, 0.1) is 11.8 Å². The number of fused-ring (bicyclic) bond motifs is 2. The number of rotatable bonds is 5. The Morgan fingerprint density at radius 1 is 1.22 bits per heavy atom. The van der Waals surface area contributed by atoms with E-state index in [0.29, 0.717) is 12.1 Å². The zero-order valence-corrected chi connectivity index (χ0v) is 19.0. The minimum atomic E-state index is -1.12. The number of alkyl halides is 1. The summed E-state index contributed by atoms with van der Waals surface area (Å²) < 4.78 is 6.31. The Labute approximate surface area is 193 Å². The van der Waals surface area contributed by atoms with Crippen LogP contribution in [0.15, 0.2) is 42.5 Å². The highest BCUT2D eigenvalue weighted by atomic mass is 79.9. The van der Waals surface area contributed by atoms with Crippen molar-refractivity contribution in [3.63, 3.8) is 0 Å². The average molecular weight is 502 g/mol. The quantitative estimate of drug-likeness (QED) is 0.534. The Morgan fingerprint density at radius 3 is 2.69 bits per heavy atom. The largest absolute Gasteiger partial charge is 0.395 e. The molecule has 3 aliphatic rings. The number of hydrogen-bond donors (Lipinski definition) is 3. The van der Waals surface area contributed by atoms with Crippen molar-refractivity contribution < 1.29 is 24.2 Å². The molecule has 2 aromatic rings. The highest BCUT2D eigenvalue weighted by Crippen LogP contribution is 2.59. The van der Waals surface area contributed by atoms with Gasteiger partial charge in [0.1, 0.15) is 11.6 Å².